The normalized spacial score (nSPS) is 20.1. The summed E-state index contributed by atoms with van der Waals surface area (Å²) in [6.07, 6.45) is 2.84. The van der Waals surface area contributed by atoms with E-state index >= 15 is 0 Å². The first kappa shape index (κ1) is 12.6. The van der Waals surface area contributed by atoms with Crippen molar-refractivity contribution in [3.05, 3.63) is 17.0 Å². The first-order valence-corrected chi connectivity index (χ1v) is 6.51. The maximum atomic E-state index is 5.57. The molecular weight excluding hydrogens is 214 g/mol. The Kier molecular flexibility index (Phi) is 4.18. The van der Waals surface area contributed by atoms with Crippen molar-refractivity contribution in [1.29, 1.82) is 0 Å². The van der Waals surface area contributed by atoms with Gasteiger partial charge < -0.3 is 10.1 Å². The number of nitrogens with one attached hydrogen (secondary N) is 1. The van der Waals surface area contributed by atoms with Gasteiger partial charge in [0.2, 0.25) is 0 Å². The van der Waals surface area contributed by atoms with Crippen LogP contribution >= 0.6 is 0 Å². The summed E-state index contributed by atoms with van der Waals surface area (Å²) in [6.45, 7) is 10.1. The highest BCUT2D eigenvalue weighted by molar-refractivity contribution is 5.22. The molecule has 1 aliphatic rings. The van der Waals surface area contributed by atoms with Crippen LogP contribution in [-0.2, 0) is 11.3 Å². The highest BCUT2D eigenvalue weighted by Gasteiger charge is 2.14. The Morgan fingerprint density at radius 1 is 1.41 bits per heavy atom. The maximum Gasteiger partial charge on any atom is 0.0700 e. The van der Waals surface area contributed by atoms with E-state index in [1.807, 2.05) is 0 Å². The van der Waals surface area contributed by atoms with Crippen LogP contribution in [0.2, 0.25) is 0 Å². The fraction of sp³-hybridized carbons (Fsp3) is 0.769. The van der Waals surface area contributed by atoms with Gasteiger partial charge in [-0.15, -0.1) is 0 Å². The van der Waals surface area contributed by atoms with Gasteiger partial charge in [0.25, 0.3) is 0 Å². The molecule has 0 aliphatic carbocycles. The van der Waals surface area contributed by atoms with Gasteiger partial charge in [0, 0.05) is 25.4 Å². The summed E-state index contributed by atoms with van der Waals surface area (Å²) in [7, 11) is 0. The van der Waals surface area contributed by atoms with Crippen molar-refractivity contribution < 1.29 is 4.74 Å². The van der Waals surface area contributed by atoms with Crippen LogP contribution in [0.1, 0.15) is 29.8 Å². The number of nitrogens with zero attached hydrogens (tertiary/aromatic N) is 2. The predicted molar refractivity (Wildman–Crippen MR) is 68.3 cm³/mol. The third-order valence-corrected chi connectivity index (χ3v) is 3.64. The molecule has 2 heterocycles. The van der Waals surface area contributed by atoms with Crippen molar-refractivity contribution in [2.45, 2.75) is 46.3 Å². The van der Waals surface area contributed by atoms with Crippen LogP contribution in [0.4, 0.5) is 0 Å². The van der Waals surface area contributed by atoms with Gasteiger partial charge >= 0.3 is 0 Å². The minimum absolute atomic E-state index is 0.428. The number of rotatable bonds is 5. The van der Waals surface area contributed by atoms with Gasteiger partial charge in [0.15, 0.2) is 0 Å². The van der Waals surface area contributed by atoms with Gasteiger partial charge in [-0.3, -0.25) is 4.68 Å². The minimum atomic E-state index is 0.428. The van der Waals surface area contributed by atoms with E-state index in [0.29, 0.717) is 6.10 Å². The molecule has 1 unspecified atom stereocenters. The zero-order valence-electron chi connectivity index (χ0n) is 11.1. The molecule has 0 bridgehead atoms. The van der Waals surface area contributed by atoms with E-state index in [2.05, 4.69) is 35.9 Å². The second kappa shape index (κ2) is 5.65. The van der Waals surface area contributed by atoms with E-state index in [1.165, 1.54) is 24.1 Å². The molecule has 1 fully saturated rings. The van der Waals surface area contributed by atoms with Gasteiger partial charge in [0.05, 0.1) is 18.3 Å². The summed E-state index contributed by atoms with van der Waals surface area (Å²) in [6, 6.07) is 0. The van der Waals surface area contributed by atoms with Gasteiger partial charge in [-0.2, -0.15) is 5.10 Å². The molecule has 96 valence electrons. The van der Waals surface area contributed by atoms with Crippen LogP contribution in [0.3, 0.4) is 0 Å². The number of ether oxygens (including phenoxy) is 1. The molecule has 0 amide bonds. The molecule has 1 N–H and O–H groups in total. The molecule has 0 spiro atoms. The number of aryl methyl sites for hydroxylation is 1. The minimum Gasteiger partial charge on any atom is -0.377 e. The second-order valence-corrected chi connectivity index (χ2v) is 4.86. The lowest BCUT2D eigenvalue weighted by atomic mass is 10.2. The Hall–Kier alpha value is -0.870. The number of hydrogen-bond acceptors (Lipinski definition) is 3. The molecule has 0 aromatic carbocycles. The Bertz CT molecular complexity index is 367. The van der Waals surface area contributed by atoms with Crippen molar-refractivity contribution in [2.24, 2.45) is 0 Å². The Morgan fingerprint density at radius 3 is 2.82 bits per heavy atom. The summed E-state index contributed by atoms with van der Waals surface area (Å²) >= 11 is 0. The van der Waals surface area contributed by atoms with E-state index < -0.39 is 0 Å². The summed E-state index contributed by atoms with van der Waals surface area (Å²) in [5.74, 6) is 0. The zero-order valence-corrected chi connectivity index (χ0v) is 11.1. The summed E-state index contributed by atoms with van der Waals surface area (Å²) < 4.78 is 7.66. The molecule has 0 radical (unpaired) electrons. The Balaban J connectivity index is 1.72. The molecule has 1 aliphatic heterocycles. The Morgan fingerprint density at radius 2 is 2.24 bits per heavy atom. The summed E-state index contributed by atoms with van der Waals surface area (Å²) in [5.41, 5.74) is 3.73. The highest BCUT2D eigenvalue weighted by Crippen LogP contribution is 2.11. The molecule has 1 aromatic heterocycles. The molecule has 2 rings (SSSR count). The van der Waals surface area contributed by atoms with Gasteiger partial charge in [-0.05, 0) is 39.2 Å². The van der Waals surface area contributed by atoms with Gasteiger partial charge in [-0.1, -0.05) is 0 Å². The molecule has 4 nitrogen and oxygen atoms in total. The lowest BCUT2D eigenvalue weighted by molar-refractivity contribution is 0.110. The van der Waals surface area contributed by atoms with E-state index in [9.17, 15) is 0 Å². The SMILES string of the molecule is Cc1nn(CCNCC2CCCO2)c(C)c1C. The molecule has 1 saturated heterocycles. The number of hydrogen-bond donors (Lipinski definition) is 1. The van der Waals surface area contributed by atoms with Crippen molar-refractivity contribution in [3.8, 4) is 0 Å². The standard InChI is InChI=1S/C13H23N3O/c1-10-11(2)15-16(12(10)3)7-6-14-9-13-5-4-8-17-13/h13-14H,4-9H2,1-3H3. The molecule has 1 atom stereocenters. The molecule has 17 heavy (non-hydrogen) atoms. The average Bonchev–Trinajstić information content (AvgIpc) is 2.90. The second-order valence-electron chi connectivity index (χ2n) is 4.86. The van der Waals surface area contributed by atoms with Gasteiger partial charge in [0.1, 0.15) is 0 Å². The van der Waals surface area contributed by atoms with Crippen LogP contribution in [-0.4, -0.2) is 35.6 Å². The summed E-state index contributed by atoms with van der Waals surface area (Å²) in [5, 5.41) is 7.97. The zero-order chi connectivity index (χ0) is 12.3. The van der Waals surface area contributed by atoms with Crippen molar-refractivity contribution >= 4 is 0 Å². The summed E-state index contributed by atoms with van der Waals surface area (Å²) in [4.78, 5) is 0. The fourth-order valence-electron chi connectivity index (χ4n) is 2.26. The Labute approximate surface area is 103 Å². The van der Waals surface area contributed by atoms with Crippen LogP contribution < -0.4 is 5.32 Å². The lowest BCUT2D eigenvalue weighted by Gasteiger charge is -2.11. The van der Waals surface area contributed by atoms with Crippen LogP contribution in [0.5, 0.6) is 0 Å². The molecule has 0 saturated carbocycles. The smallest absolute Gasteiger partial charge is 0.0700 e. The largest absolute Gasteiger partial charge is 0.377 e. The monoisotopic (exact) mass is 237 g/mol. The van der Waals surface area contributed by atoms with E-state index in [0.717, 1.165) is 31.9 Å². The van der Waals surface area contributed by atoms with Crippen molar-refractivity contribution in [1.82, 2.24) is 15.1 Å². The molecule has 1 aromatic rings. The highest BCUT2D eigenvalue weighted by atomic mass is 16.5. The van der Waals surface area contributed by atoms with Crippen molar-refractivity contribution in [3.63, 3.8) is 0 Å². The van der Waals surface area contributed by atoms with Crippen LogP contribution in [0.25, 0.3) is 0 Å². The van der Waals surface area contributed by atoms with E-state index in [1.54, 1.807) is 0 Å². The first-order valence-electron chi connectivity index (χ1n) is 6.51. The van der Waals surface area contributed by atoms with Crippen LogP contribution in [0.15, 0.2) is 0 Å². The maximum absolute atomic E-state index is 5.57. The first-order chi connectivity index (χ1) is 8.18. The van der Waals surface area contributed by atoms with Crippen molar-refractivity contribution in [2.75, 3.05) is 19.7 Å². The number of aromatic nitrogens is 2. The molecule has 4 heteroatoms. The average molecular weight is 237 g/mol. The molecular formula is C13H23N3O. The lowest BCUT2D eigenvalue weighted by Crippen LogP contribution is -2.29. The predicted octanol–water partition coefficient (Wildman–Crippen LogP) is 1.58. The third-order valence-electron chi connectivity index (χ3n) is 3.64. The van der Waals surface area contributed by atoms with E-state index in [-0.39, 0.29) is 0 Å². The van der Waals surface area contributed by atoms with Gasteiger partial charge in [-0.25, -0.2) is 0 Å². The topological polar surface area (TPSA) is 39.1 Å². The quantitative estimate of drug-likeness (QED) is 0.790. The van der Waals surface area contributed by atoms with E-state index in [4.69, 9.17) is 4.74 Å². The van der Waals surface area contributed by atoms with Crippen LogP contribution in [0, 0.1) is 20.8 Å². The third kappa shape index (κ3) is 3.07. The fourth-order valence-corrected chi connectivity index (χ4v) is 2.26.